The van der Waals surface area contributed by atoms with E-state index < -0.39 is 19.1 Å². The van der Waals surface area contributed by atoms with Crippen LogP contribution >= 0.6 is 0 Å². The normalized spacial score (nSPS) is 13.6. The van der Waals surface area contributed by atoms with Crippen LogP contribution in [0.4, 0.5) is 22.7 Å². The van der Waals surface area contributed by atoms with Crippen LogP contribution in [0.5, 0.6) is 0 Å². The van der Waals surface area contributed by atoms with Crippen molar-refractivity contribution in [2.24, 2.45) is 0 Å². The van der Waals surface area contributed by atoms with Gasteiger partial charge in [-0.1, -0.05) is 230 Å². The topological polar surface area (TPSA) is 37.2 Å². The minimum absolute atomic E-state index is 0.133. The van der Waals surface area contributed by atoms with Crippen molar-refractivity contribution < 1.29 is 11.0 Å². The first-order valence-corrected chi connectivity index (χ1v) is 28.3. The van der Waals surface area contributed by atoms with Crippen LogP contribution in [0, 0.1) is 0 Å². The van der Waals surface area contributed by atoms with Gasteiger partial charge in [-0.2, -0.15) is 0 Å². The zero-order chi connectivity index (χ0) is 62.5. The Morgan fingerprint density at radius 2 is 0.726 bits per heavy atom. The summed E-state index contributed by atoms with van der Waals surface area (Å²) >= 11 is 0. The fraction of sp³-hybridized carbons (Fsp3) is 0.0256. The average Bonchev–Trinajstić information content (AvgIpc) is 0.791. The van der Waals surface area contributed by atoms with Crippen molar-refractivity contribution in [3.63, 3.8) is 0 Å². The number of hydrogen-bond donors (Lipinski definition) is 0. The summed E-state index contributed by atoms with van der Waals surface area (Å²) in [6.07, 6.45) is -1.45. The molecular weight excluding hydrogens is 1020 g/mol. The molecule has 2 aliphatic heterocycles. The second-order valence-electron chi connectivity index (χ2n) is 21.5. The Morgan fingerprint density at radius 1 is 0.345 bits per heavy atom. The van der Waals surface area contributed by atoms with Crippen LogP contribution in [0.2, 0.25) is 0 Å². The van der Waals surface area contributed by atoms with E-state index in [-0.39, 0.29) is 47.6 Å². The van der Waals surface area contributed by atoms with Crippen molar-refractivity contribution >= 4 is 67.7 Å². The van der Waals surface area contributed by atoms with Gasteiger partial charge >= 0.3 is 0 Å². The summed E-state index contributed by atoms with van der Waals surface area (Å²) in [5.74, 6) is 0. The number of nitrogens with zero attached hydrogens (tertiary/aromatic N) is 5. The first-order valence-electron chi connectivity index (χ1n) is 32.3. The number of rotatable bonds is 11. The van der Waals surface area contributed by atoms with Crippen molar-refractivity contribution in [2.45, 2.75) is 13.1 Å². The molecule has 394 valence electrons. The Bertz CT molecular complexity index is 4860. The monoisotopic (exact) mass is 1080 g/mol. The van der Waals surface area contributed by atoms with Gasteiger partial charge in [0.25, 0.3) is 6.71 Å². The van der Waals surface area contributed by atoms with Gasteiger partial charge in [0, 0.05) is 71.3 Å². The van der Waals surface area contributed by atoms with E-state index in [1.54, 1.807) is 0 Å². The lowest BCUT2D eigenvalue weighted by Crippen LogP contribution is -2.62. The first kappa shape index (κ1) is 41.2. The summed E-state index contributed by atoms with van der Waals surface area (Å²) in [5, 5.41) is 2.23. The van der Waals surface area contributed by atoms with E-state index >= 15 is 0 Å². The fourth-order valence-corrected chi connectivity index (χ4v) is 13.3. The molecule has 0 saturated heterocycles. The summed E-state index contributed by atoms with van der Waals surface area (Å²) in [6, 6.07) is 87.5. The second kappa shape index (κ2) is 20.6. The molecule has 0 radical (unpaired) electrons. The zero-order valence-electron chi connectivity index (χ0n) is 53.5. The zero-order valence-corrected chi connectivity index (χ0v) is 45.5. The van der Waals surface area contributed by atoms with E-state index in [9.17, 15) is 5.48 Å². The first-order chi connectivity index (χ1) is 45.0. The number of benzene rings is 11. The molecule has 0 saturated carbocycles. The van der Waals surface area contributed by atoms with E-state index in [1.807, 2.05) is 48.5 Å². The maximum absolute atomic E-state index is 9.37. The van der Waals surface area contributed by atoms with Crippen molar-refractivity contribution in [1.29, 1.82) is 0 Å². The minimum atomic E-state index is -0.620. The van der Waals surface area contributed by atoms with Crippen LogP contribution in [-0.2, 0) is 13.1 Å². The summed E-state index contributed by atoms with van der Waals surface area (Å²) in [4.78, 5) is 13.3. The fourth-order valence-electron chi connectivity index (χ4n) is 13.3. The third-order valence-electron chi connectivity index (χ3n) is 16.9. The van der Waals surface area contributed by atoms with Gasteiger partial charge in [-0.05, 0) is 143 Å². The van der Waals surface area contributed by atoms with Crippen LogP contribution in [-0.4, -0.2) is 21.2 Å². The summed E-state index contributed by atoms with van der Waals surface area (Å²) in [5.41, 5.74) is 21.0. The van der Waals surface area contributed by atoms with Gasteiger partial charge in [0.1, 0.15) is 0 Å². The lowest BCUT2D eigenvalue weighted by molar-refractivity contribution is 0.961. The highest BCUT2D eigenvalue weighted by Crippen LogP contribution is 2.46. The lowest BCUT2D eigenvalue weighted by Gasteiger charge is -2.45. The van der Waals surface area contributed by atoms with Crippen LogP contribution in [0.1, 0.15) is 22.1 Å². The van der Waals surface area contributed by atoms with Crippen molar-refractivity contribution in [3.8, 4) is 72.4 Å². The molecule has 0 spiro atoms. The summed E-state index contributed by atoms with van der Waals surface area (Å²) in [7, 11) is 0. The highest BCUT2D eigenvalue weighted by molar-refractivity contribution is 7.00. The molecule has 0 fully saturated rings. The van der Waals surface area contributed by atoms with E-state index in [4.69, 9.17) is 5.48 Å². The Morgan fingerprint density at radius 3 is 1.13 bits per heavy atom. The third-order valence-corrected chi connectivity index (χ3v) is 16.9. The molecule has 84 heavy (non-hydrogen) atoms. The molecule has 0 N–H and O–H groups in total. The number of aromatic nitrogens is 3. The van der Waals surface area contributed by atoms with Crippen LogP contribution in [0.3, 0.4) is 0 Å². The highest BCUT2D eigenvalue weighted by Gasteiger charge is 2.44. The van der Waals surface area contributed by atoms with Gasteiger partial charge < -0.3 is 14.4 Å². The molecule has 0 atom stereocenters. The quantitative estimate of drug-likeness (QED) is 0.121. The van der Waals surface area contributed by atoms with E-state index in [1.165, 1.54) is 0 Å². The van der Waals surface area contributed by atoms with Crippen molar-refractivity contribution in [1.82, 2.24) is 14.5 Å². The molecule has 0 bridgehead atoms. The average molecular weight is 1080 g/mol. The molecule has 0 amide bonds. The standard InChI is InChI=1S/C78H54BN5/c1-5-21-53(22-6-1)62-33-17-34-63(54-23-7-2-8-24-54)68(62)51-82-74-41-39-57(59-29-19-43-80-49-59)45-70(74)79-71-46-58(60-30-20-44-81-50-60)40-42-75(71)83(52-69-64(55-25-9-3-10-26-55)35-18-36-65(69)56-27-11-4-12-28-56)77-48-61(47-76(82)78(77)79)84-72-37-15-13-31-66(72)67-32-14-16-38-73(67)84/h1-50H,51-52H2/i19D,20D,29D,30D,43D,44D,49D,50D. The third kappa shape index (κ3) is 8.33. The van der Waals surface area contributed by atoms with E-state index in [0.29, 0.717) is 24.2 Å². The maximum Gasteiger partial charge on any atom is 0.252 e. The molecular formula is C78H54BN5. The Balaban J connectivity index is 1.06. The molecule has 3 aromatic heterocycles. The number of hydrogen-bond acceptors (Lipinski definition) is 4. The van der Waals surface area contributed by atoms with Gasteiger partial charge in [0.2, 0.25) is 0 Å². The van der Waals surface area contributed by atoms with Gasteiger partial charge in [0.05, 0.1) is 27.7 Å². The predicted octanol–water partition coefficient (Wildman–Crippen LogP) is 17.4. The number of para-hydroxylation sites is 2. The number of fused-ring (bicyclic) bond motifs is 7. The van der Waals surface area contributed by atoms with Gasteiger partial charge in [-0.15, -0.1) is 0 Å². The smallest absolute Gasteiger partial charge is 0.252 e. The summed E-state index contributed by atoms with van der Waals surface area (Å²) < 4.78 is 74.4. The molecule has 6 heteroatoms. The van der Waals surface area contributed by atoms with Crippen molar-refractivity contribution in [3.05, 3.63) is 315 Å². The molecule has 14 aromatic rings. The largest absolute Gasteiger partial charge is 0.338 e. The van der Waals surface area contributed by atoms with Crippen molar-refractivity contribution in [2.75, 3.05) is 9.80 Å². The summed E-state index contributed by atoms with van der Waals surface area (Å²) in [6.45, 7) is 0.103. The van der Waals surface area contributed by atoms with Gasteiger partial charge in [-0.3, -0.25) is 9.97 Å². The number of anilines is 4. The minimum Gasteiger partial charge on any atom is -0.338 e. The lowest BCUT2D eigenvalue weighted by atomic mass is 9.33. The molecule has 5 nitrogen and oxygen atoms in total. The Kier molecular flexibility index (Phi) is 10.1. The SMILES string of the molecule is [2H]c1nc([2H])c(-c2ccc3c(c2)B2c4cc(-c5c([2H])nc([2H])c([2H])c5[2H])ccc4N(Cc4c(-c5ccccc5)cccc4-c4ccccc4)c4cc(-n5c6ccccc6c6ccccc65)cc(c42)N3Cc2c(-c3ccccc3)cccc2-c2ccccc2)c([2H])c1[2H]. The van der Waals surface area contributed by atoms with E-state index in [0.717, 1.165) is 122 Å². The Labute approximate surface area is 501 Å². The van der Waals surface area contributed by atoms with Crippen LogP contribution in [0.25, 0.3) is 94.3 Å². The van der Waals surface area contributed by atoms with Crippen LogP contribution < -0.4 is 26.2 Å². The second-order valence-corrected chi connectivity index (χ2v) is 21.5. The highest BCUT2D eigenvalue weighted by atomic mass is 15.2. The van der Waals surface area contributed by atoms with Gasteiger partial charge in [0.15, 0.2) is 0 Å². The van der Waals surface area contributed by atoms with Gasteiger partial charge in [-0.25, -0.2) is 0 Å². The Hall–Kier alpha value is -10.8. The molecule has 2 aliphatic rings. The molecule has 0 unspecified atom stereocenters. The molecule has 11 aromatic carbocycles. The molecule has 0 aliphatic carbocycles. The molecule has 16 rings (SSSR count). The van der Waals surface area contributed by atoms with E-state index in [2.05, 4.69) is 231 Å². The van der Waals surface area contributed by atoms with Crippen LogP contribution in [0.15, 0.2) is 304 Å². The maximum atomic E-state index is 9.37. The number of pyridine rings is 2. The molecule has 5 heterocycles. The predicted molar refractivity (Wildman–Crippen MR) is 351 cm³/mol.